The van der Waals surface area contributed by atoms with Gasteiger partial charge in [-0.3, -0.25) is 0 Å². The van der Waals surface area contributed by atoms with Crippen LogP contribution in [0.25, 0.3) is 0 Å². The topological polar surface area (TPSA) is 49.3 Å². The predicted octanol–water partition coefficient (Wildman–Crippen LogP) is 4.75. The van der Waals surface area contributed by atoms with E-state index in [-0.39, 0.29) is 4.95 Å². The Morgan fingerprint density at radius 2 is 1.71 bits per heavy atom. The minimum atomic E-state index is -0.960. The van der Waals surface area contributed by atoms with Crippen molar-refractivity contribution in [3.05, 3.63) is 0 Å². The fraction of sp³-hybridized carbons (Fsp3) is 0.923. The van der Waals surface area contributed by atoms with Crippen LogP contribution >= 0.6 is 15.9 Å². The molecule has 2 N–H and O–H groups in total. The van der Waals surface area contributed by atoms with Crippen LogP contribution in [-0.4, -0.2) is 16.2 Å². The van der Waals surface area contributed by atoms with Crippen molar-refractivity contribution in [3.8, 4) is 0 Å². The maximum atomic E-state index is 10.4. The molecule has 1 amide bonds. The number of rotatable bonds is 10. The van der Waals surface area contributed by atoms with Crippen LogP contribution in [0.2, 0.25) is 0 Å². The van der Waals surface area contributed by atoms with Crippen LogP contribution in [0.1, 0.15) is 65.2 Å². The summed E-state index contributed by atoms with van der Waals surface area (Å²) in [7, 11) is 0. The Kier molecular flexibility index (Phi) is 10.7. The molecule has 0 aliphatic rings. The van der Waals surface area contributed by atoms with Crippen LogP contribution < -0.4 is 5.32 Å². The van der Waals surface area contributed by atoms with E-state index in [2.05, 4.69) is 35.1 Å². The molecular weight excluding hydrogens is 282 g/mol. The monoisotopic (exact) mass is 307 g/mol. The number of amides is 1. The van der Waals surface area contributed by atoms with Crippen LogP contribution in [0.5, 0.6) is 0 Å². The number of nitrogens with one attached hydrogen (secondary N) is 1. The Balaban J connectivity index is 3.38. The van der Waals surface area contributed by atoms with E-state index in [1.54, 1.807) is 0 Å². The van der Waals surface area contributed by atoms with E-state index in [1.165, 1.54) is 44.9 Å². The Morgan fingerprint density at radius 1 is 1.18 bits per heavy atom. The molecule has 0 spiro atoms. The Morgan fingerprint density at radius 3 is 2.24 bits per heavy atom. The first-order valence-electron chi connectivity index (χ1n) is 6.71. The Bertz CT molecular complexity index is 200. The van der Waals surface area contributed by atoms with E-state index in [0.717, 1.165) is 6.42 Å². The van der Waals surface area contributed by atoms with Crippen molar-refractivity contribution in [3.63, 3.8) is 0 Å². The number of halogens is 1. The van der Waals surface area contributed by atoms with Crippen LogP contribution in [-0.2, 0) is 0 Å². The van der Waals surface area contributed by atoms with Gasteiger partial charge in [-0.25, -0.2) is 4.79 Å². The SMILES string of the molecule is CCCCCCCCCC(C)C(Br)NC(=O)O. The highest BCUT2D eigenvalue weighted by Crippen LogP contribution is 2.18. The van der Waals surface area contributed by atoms with Gasteiger partial charge in [-0.15, -0.1) is 0 Å². The minimum absolute atomic E-state index is 0.125. The van der Waals surface area contributed by atoms with E-state index in [1.807, 2.05) is 0 Å². The minimum Gasteiger partial charge on any atom is -0.465 e. The molecule has 0 aliphatic carbocycles. The van der Waals surface area contributed by atoms with Crippen molar-refractivity contribution < 1.29 is 9.90 Å². The van der Waals surface area contributed by atoms with Gasteiger partial charge in [-0.1, -0.05) is 74.7 Å². The highest BCUT2D eigenvalue weighted by atomic mass is 79.9. The third-order valence-corrected chi connectivity index (χ3v) is 4.16. The first-order chi connectivity index (χ1) is 8.07. The molecule has 0 bridgehead atoms. The molecule has 17 heavy (non-hydrogen) atoms. The summed E-state index contributed by atoms with van der Waals surface area (Å²) in [5.74, 6) is 0.349. The van der Waals surface area contributed by atoms with Crippen molar-refractivity contribution in [2.24, 2.45) is 5.92 Å². The summed E-state index contributed by atoms with van der Waals surface area (Å²) in [5, 5.41) is 11.0. The first kappa shape index (κ1) is 16.8. The first-order valence-corrected chi connectivity index (χ1v) is 7.63. The third-order valence-electron chi connectivity index (χ3n) is 3.02. The molecule has 2 unspecified atom stereocenters. The lowest BCUT2D eigenvalue weighted by molar-refractivity contribution is 0.191. The molecule has 0 saturated carbocycles. The molecule has 0 fully saturated rings. The fourth-order valence-electron chi connectivity index (χ4n) is 1.83. The summed E-state index contributed by atoms with van der Waals surface area (Å²) in [4.78, 5) is 10.3. The number of carbonyl (C=O) groups is 1. The van der Waals surface area contributed by atoms with E-state index in [9.17, 15) is 4.79 Å². The summed E-state index contributed by atoms with van der Waals surface area (Å²) in [6.45, 7) is 4.31. The second kappa shape index (κ2) is 10.9. The molecule has 0 aromatic rings. The Labute approximate surface area is 113 Å². The number of hydrogen-bond acceptors (Lipinski definition) is 1. The molecule has 0 rings (SSSR count). The van der Waals surface area contributed by atoms with Gasteiger partial charge in [0.05, 0.1) is 4.95 Å². The molecule has 0 aromatic heterocycles. The predicted molar refractivity (Wildman–Crippen MR) is 75.6 cm³/mol. The summed E-state index contributed by atoms with van der Waals surface area (Å²) >= 11 is 3.36. The van der Waals surface area contributed by atoms with Gasteiger partial charge < -0.3 is 10.4 Å². The standard InChI is InChI=1S/C13H26BrNO2/c1-3-4-5-6-7-8-9-10-11(2)12(14)15-13(16)17/h11-12,15H,3-10H2,1-2H3,(H,16,17). The molecule has 0 heterocycles. The average Bonchev–Trinajstić information content (AvgIpc) is 2.26. The maximum Gasteiger partial charge on any atom is 0.405 e. The zero-order valence-electron chi connectivity index (χ0n) is 11.0. The van der Waals surface area contributed by atoms with Gasteiger partial charge in [0, 0.05) is 0 Å². The van der Waals surface area contributed by atoms with Crippen LogP contribution in [0.4, 0.5) is 4.79 Å². The summed E-state index contributed by atoms with van der Waals surface area (Å²) < 4.78 is 0. The van der Waals surface area contributed by atoms with Gasteiger partial charge in [0.25, 0.3) is 0 Å². The van der Waals surface area contributed by atoms with E-state index >= 15 is 0 Å². The smallest absolute Gasteiger partial charge is 0.405 e. The molecule has 0 aliphatic heterocycles. The molecule has 102 valence electrons. The van der Waals surface area contributed by atoms with E-state index in [0.29, 0.717) is 5.92 Å². The highest BCUT2D eigenvalue weighted by Gasteiger charge is 2.14. The number of unbranched alkanes of at least 4 members (excludes halogenated alkanes) is 6. The van der Waals surface area contributed by atoms with E-state index < -0.39 is 6.09 Å². The van der Waals surface area contributed by atoms with Crippen molar-refractivity contribution in [1.29, 1.82) is 0 Å². The fourth-order valence-corrected chi connectivity index (χ4v) is 2.29. The molecule has 4 heteroatoms. The van der Waals surface area contributed by atoms with Crippen LogP contribution in [0.15, 0.2) is 0 Å². The van der Waals surface area contributed by atoms with Gasteiger partial charge in [0.15, 0.2) is 0 Å². The molecule has 2 atom stereocenters. The molecule has 3 nitrogen and oxygen atoms in total. The van der Waals surface area contributed by atoms with Crippen molar-refractivity contribution in [2.75, 3.05) is 0 Å². The quantitative estimate of drug-likeness (QED) is 0.347. The van der Waals surface area contributed by atoms with E-state index in [4.69, 9.17) is 5.11 Å². The molecule has 0 saturated heterocycles. The van der Waals surface area contributed by atoms with Crippen LogP contribution in [0.3, 0.4) is 0 Å². The normalized spacial score (nSPS) is 14.3. The largest absolute Gasteiger partial charge is 0.465 e. The average molecular weight is 308 g/mol. The number of hydrogen-bond donors (Lipinski definition) is 2. The Hall–Kier alpha value is -0.250. The van der Waals surface area contributed by atoms with Gasteiger partial charge in [-0.2, -0.15) is 0 Å². The number of alkyl halides is 1. The molecular formula is C13H26BrNO2. The summed E-state index contributed by atoms with van der Waals surface area (Å²) in [5.41, 5.74) is 0. The van der Waals surface area contributed by atoms with Crippen molar-refractivity contribution >= 4 is 22.0 Å². The van der Waals surface area contributed by atoms with Gasteiger partial charge >= 0.3 is 6.09 Å². The lowest BCUT2D eigenvalue weighted by Crippen LogP contribution is -2.33. The second-order valence-corrected chi connectivity index (χ2v) is 5.73. The zero-order valence-corrected chi connectivity index (χ0v) is 12.6. The van der Waals surface area contributed by atoms with Crippen LogP contribution in [0, 0.1) is 5.92 Å². The third kappa shape index (κ3) is 10.6. The molecule has 0 radical (unpaired) electrons. The lowest BCUT2D eigenvalue weighted by Gasteiger charge is -2.17. The maximum absolute atomic E-state index is 10.4. The van der Waals surface area contributed by atoms with Crippen molar-refractivity contribution in [1.82, 2.24) is 5.32 Å². The number of carboxylic acid groups (broad SMARTS) is 1. The van der Waals surface area contributed by atoms with Gasteiger partial charge in [0.2, 0.25) is 0 Å². The molecule has 0 aromatic carbocycles. The summed E-state index contributed by atoms with van der Waals surface area (Å²) in [6.07, 6.45) is 9.22. The zero-order chi connectivity index (χ0) is 13.1. The van der Waals surface area contributed by atoms with Crippen molar-refractivity contribution in [2.45, 2.75) is 70.2 Å². The van der Waals surface area contributed by atoms with Gasteiger partial charge in [-0.05, 0) is 12.3 Å². The summed E-state index contributed by atoms with van der Waals surface area (Å²) in [6, 6.07) is 0. The van der Waals surface area contributed by atoms with Gasteiger partial charge in [0.1, 0.15) is 0 Å². The second-order valence-electron chi connectivity index (χ2n) is 4.74. The highest BCUT2D eigenvalue weighted by molar-refractivity contribution is 9.09. The lowest BCUT2D eigenvalue weighted by atomic mass is 10.0.